The number of benzene rings is 1. The van der Waals surface area contributed by atoms with Crippen molar-refractivity contribution in [2.75, 3.05) is 6.54 Å². The van der Waals surface area contributed by atoms with Crippen molar-refractivity contribution in [2.45, 2.75) is 12.5 Å². The molecule has 2 rings (SSSR count). The van der Waals surface area contributed by atoms with Crippen LogP contribution >= 0.6 is 0 Å². The van der Waals surface area contributed by atoms with Gasteiger partial charge in [0.15, 0.2) is 0 Å². The van der Waals surface area contributed by atoms with Crippen LogP contribution in [-0.4, -0.2) is 17.4 Å². The van der Waals surface area contributed by atoms with Gasteiger partial charge in [-0.3, -0.25) is 9.78 Å². The van der Waals surface area contributed by atoms with Crippen LogP contribution in [-0.2, 0) is 0 Å². The van der Waals surface area contributed by atoms with Crippen LogP contribution in [0.5, 0.6) is 0 Å². The maximum absolute atomic E-state index is 12.9. The summed E-state index contributed by atoms with van der Waals surface area (Å²) >= 11 is 0. The number of aromatic nitrogens is 1. The summed E-state index contributed by atoms with van der Waals surface area (Å²) in [4.78, 5) is 15.4. The quantitative estimate of drug-likeness (QED) is 0.876. The Bertz CT molecular complexity index is 574. The van der Waals surface area contributed by atoms with Crippen molar-refractivity contribution in [3.8, 4) is 0 Å². The Morgan fingerprint density at radius 3 is 2.75 bits per heavy atom. The summed E-state index contributed by atoms with van der Waals surface area (Å²) in [5, 5.41) is 2.70. The Balaban J connectivity index is 1.83. The van der Waals surface area contributed by atoms with E-state index in [4.69, 9.17) is 5.73 Å². The molecule has 0 bridgehead atoms. The highest BCUT2D eigenvalue weighted by Gasteiger charge is 2.09. The fourth-order valence-corrected chi connectivity index (χ4v) is 1.85. The SMILES string of the molecule is NC(CCNC(=O)c1cncc(F)c1)c1ccccc1. The Labute approximate surface area is 116 Å². The molecule has 0 aliphatic heterocycles. The highest BCUT2D eigenvalue weighted by Crippen LogP contribution is 2.12. The first-order valence-electron chi connectivity index (χ1n) is 6.36. The smallest absolute Gasteiger partial charge is 0.252 e. The van der Waals surface area contributed by atoms with E-state index in [0.717, 1.165) is 17.8 Å². The molecule has 0 spiro atoms. The van der Waals surface area contributed by atoms with Gasteiger partial charge in [0.25, 0.3) is 5.91 Å². The lowest BCUT2D eigenvalue weighted by molar-refractivity contribution is 0.0951. The molecule has 1 unspecified atom stereocenters. The normalized spacial score (nSPS) is 11.9. The minimum absolute atomic E-state index is 0.137. The summed E-state index contributed by atoms with van der Waals surface area (Å²) < 4.78 is 12.9. The number of nitrogens with zero attached hydrogens (tertiary/aromatic N) is 1. The first kappa shape index (κ1) is 14.1. The van der Waals surface area contributed by atoms with Gasteiger partial charge in [-0.2, -0.15) is 0 Å². The van der Waals surface area contributed by atoms with E-state index in [9.17, 15) is 9.18 Å². The number of nitrogens with two attached hydrogens (primary N) is 1. The number of hydrogen-bond acceptors (Lipinski definition) is 3. The molecule has 1 aromatic heterocycles. The third-order valence-corrected chi connectivity index (χ3v) is 2.94. The number of amides is 1. The molecule has 4 nitrogen and oxygen atoms in total. The van der Waals surface area contributed by atoms with Crippen molar-refractivity contribution < 1.29 is 9.18 Å². The number of rotatable bonds is 5. The monoisotopic (exact) mass is 273 g/mol. The van der Waals surface area contributed by atoms with Crippen LogP contribution in [0.4, 0.5) is 4.39 Å². The predicted octanol–water partition coefficient (Wildman–Crippen LogP) is 2.04. The molecule has 1 amide bonds. The van der Waals surface area contributed by atoms with Crippen LogP contribution in [0, 0.1) is 5.82 Å². The van der Waals surface area contributed by atoms with E-state index < -0.39 is 5.82 Å². The Morgan fingerprint density at radius 1 is 1.30 bits per heavy atom. The van der Waals surface area contributed by atoms with E-state index in [1.54, 1.807) is 0 Å². The van der Waals surface area contributed by atoms with Crippen LogP contribution in [0.25, 0.3) is 0 Å². The highest BCUT2D eigenvalue weighted by atomic mass is 19.1. The molecule has 3 N–H and O–H groups in total. The zero-order chi connectivity index (χ0) is 14.4. The Hall–Kier alpha value is -2.27. The molecule has 104 valence electrons. The van der Waals surface area contributed by atoms with Crippen LogP contribution < -0.4 is 11.1 Å². The highest BCUT2D eigenvalue weighted by molar-refractivity contribution is 5.93. The Kier molecular flexibility index (Phi) is 4.79. The molecular formula is C15H16FN3O. The molecule has 0 saturated heterocycles. The minimum atomic E-state index is -0.529. The van der Waals surface area contributed by atoms with Crippen LogP contribution in [0.15, 0.2) is 48.8 Å². The lowest BCUT2D eigenvalue weighted by Gasteiger charge is -2.12. The first-order chi connectivity index (χ1) is 9.66. The van der Waals surface area contributed by atoms with Gasteiger partial charge >= 0.3 is 0 Å². The summed E-state index contributed by atoms with van der Waals surface area (Å²) in [6.45, 7) is 0.422. The van der Waals surface area contributed by atoms with Gasteiger partial charge < -0.3 is 11.1 Å². The molecule has 0 radical (unpaired) electrons. The van der Waals surface area contributed by atoms with Gasteiger partial charge in [0.1, 0.15) is 5.82 Å². The molecule has 1 atom stereocenters. The second-order valence-electron chi connectivity index (χ2n) is 4.45. The molecule has 1 aromatic carbocycles. The molecule has 0 aliphatic rings. The number of hydrogen-bond donors (Lipinski definition) is 2. The summed E-state index contributed by atoms with van der Waals surface area (Å²) in [5.74, 6) is -0.879. The van der Waals surface area contributed by atoms with Crippen LogP contribution in [0.1, 0.15) is 28.4 Å². The van der Waals surface area contributed by atoms with Crippen LogP contribution in [0.3, 0.4) is 0 Å². The fraction of sp³-hybridized carbons (Fsp3) is 0.200. The lowest BCUT2D eigenvalue weighted by atomic mass is 10.1. The summed E-state index contributed by atoms with van der Waals surface area (Å²) in [5.41, 5.74) is 7.25. The molecule has 0 saturated carbocycles. The zero-order valence-electron chi connectivity index (χ0n) is 10.9. The Morgan fingerprint density at radius 2 is 2.05 bits per heavy atom. The average Bonchev–Trinajstić information content (AvgIpc) is 2.48. The lowest BCUT2D eigenvalue weighted by Crippen LogP contribution is -2.27. The zero-order valence-corrected chi connectivity index (χ0v) is 10.9. The average molecular weight is 273 g/mol. The van der Waals surface area contributed by atoms with E-state index in [-0.39, 0.29) is 17.5 Å². The van der Waals surface area contributed by atoms with Gasteiger partial charge in [0.2, 0.25) is 0 Å². The molecular weight excluding hydrogens is 257 g/mol. The molecule has 20 heavy (non-hydrogen) atoms. The summed E-state index contributed by atoms with van der Waals surface area (Å²) in [6, 6.07) is 10.7. The maximum Gasteiger partial charge on any atom is 0.252 e. The number of carbonyl (C=O) groups is 1. The fourth-order valence-electron chi connectivity index (χ4n) is 1.85. The van der Waals surface area contributed by atoms with Crippen molar-refractivity contribution in [2.24, 2.45) is 5.73 Å². The van der Waals surface area contributed by atoms with Gasteiger partial charge in [0, 0.05) is 18.8 Å². The number of pyridine rings is 1. The second kappa shape index (κ2) is 6.77. The van der Waals surface area contributed by atoms with Crippen molar-refractivity contribution in [1.82, 2.24) is 10.3 Å². The van der Waals surface area contributed by atoms with E-state index in [0.29, 0.717) is 13.0 Å². The molecule has 5 heteroatoms. The van der Waals surface area contributed by atoms with E-state index >= 15 is 0 Å². The van der Waals surface area contributed by atoms with E-state index in [2.05, 4.69) is 10.3 Å². The van der Waals surface area contributed by atoms with Gasteiger partial charge in [-0.05, 0) is 18.1 Å². The molecule has 1 heterocycles. The second-order valence-corrected chi connectivity index (χ2v) is 4.45. The third-order valence-electron chi connectivity index (χ3n) is 2.94. The van der Waals surface area contributed by atoms with Gasteiger partial charge in [0.05, 0.1) is 11.8 Å². The largest absolute Gasteiger partial charge is 0.352 e. The number of halogens is 1. The van der Waals surface area contributed by atoms with Crippen molar-refractivity contribution in [3.63, 3.8) is 0 Å². The summed E-state index contributed by atoms with van der Waals surface area (Å²) in [7, 11) is 0. The van der Waals surface area contributed by atoms with Crippen LogP contribution in [0.2, 0.25) is 0 Å². The third kappa shape index (κ3) is 3.86. The summed E-state index contributed by atoms with van der Waals surface area (Å²) in [6.07, 6.45) is 3.00. The van der Waals surface area contributed by atoms with Crippen molar-refractivity contribution in [3.05, 3.63) is 65.7 Å². The van der Waals surface area contributed by atoms with Gasteiger partial charge in [-0.15, -0.1) is 0 Å². The number of carbonyl (C=O) groups excluding carboxylic acids is 1. The predicted molar refractivity (Wildman–Crippen MR) is 74.5 cm³/mol. The minimum Gasteiger partial charge on any atom is -0.352 e. The number of nitrogens with one attached hydrogen (secondary N) is 1. The van der Waals surface area contributed by atoms with E-state index in [1.807, 2.05) is 30.3 Å². The standard InChI is InChI=1S/C15H16FN3O/c16-13-8-12(9-18-10-13)15(20)19-7-6-14(17)11-4-2-1-3-5-11/h1-5,8-10,14H,6-7,17H2,(H,19,20). The molecule has 2 aromatic rings. The topological polar surface area (TPSA) is 68.0 Å². The van der Waals surface area contributed by atoms with Crippen molar-refractivity contribution >= 4 is 5.91 Å². The van der Waals surface area contributed by atoms with Gasteiger partial charge in [-0.25, -0.2) is 4.39 Å². The maximum atomic E-state index is 12.9. The first-order valence-corrected chi connectivity index (χ1v) is 6.36. The molecule has 0 aliphatic carbocycles. The van der Waals surface area contributed by atoms with E-state index in [1.165, 1.54) is 6.20 Å². The molecule has 0 fully saturated rings. The van der Waals surface area contributed by atoms with Gasteiger partial charge in [-0.1, -0.05) is 30.3 Å². The van der Waals surface area contributed by atoms with Crippen molar-refractivity contribution in [1.29, 1.82) is 0 Å².